The first kappa shape index (κ1) is 19.3. The van der Waals surface area contributed by atoms with Crippen LogP contribution in [0.5, 0.6) is 5.75 Å². The molecule has 27 heavy (non-hydrogen) atoms. The lowest BCUT2D eigenvalue weighted by Gasteiger charge is -2.28. The van der Waals surface area contributed by atoms with Gasteiger partial charge in [0.1, 0.15) is 5.75 Å². The molecule has 1 amide bonds. The Morgan fingerprint density at radius 2 is 1.78 bits per heavy atom. The van der Waals surface area contributed by atoms with E-state index < -0.39 is 0 Å². The third-order valence-electron chi connectivity index (χ3n) is 5.02. The Labute approximate surface area is 162 Å². The first-order chi connectivity index (χ1) is 13.0. The number of hydrogen-bond acceptors (Lipinski definition) is 3. The average Bonchev–Trinajstić information content (AvgIpc) is 2.67. The molecule has 0 radical (unpaired) electrons. The Bertz CT molecular complexity index is 762. The third-order valence-corrected chi connectivity index (χ3v) is 5.02. The van der Waals surface area contributed by atoms with Gasteiger partial charge in [-0.3, -0.25) is 4.79 Å². The molecule has 1 heterocycles. The van der Waals surface area contributed by atoms with Gasteiger partial charge in [-0.1, -0.05) is 26.0 Å². The van der Waals surface area contributed by atoms with Crippen LogP contribution in [-0.2, 0) is 4.79 Å². The Morgan fingerprint density at radius 3 is 2.44 bits per heavy atom. The highest BCUT2D eigenvalue weighted by Crippen LogP contribution is 2.27. The lowest BCUT2D eigenvalue weighted by Crippen LogP contribution is -2.29. The summed E-state index contributed by atoms with van der Waals surface area (Å²) in [5, 5.41) is 2.92. The van der Waals surface area contributed by atoms with Crippen LogP contribution in [0, 0.1) is 6.92 Å². The summed E-state index contributed by atoms with van der Waals surface area (Å²) in [5.41, 5.74) is 4.28. The fourth-order valence-corrected chi connectivity index (χ4v) is 3.49. The molecule has 0 unspecified atom stereocenters. The Morgan fingerprint density at radius 1 is 1.07 bits per heavy atom. The molecule has 1 fully saturated rings. The van der Waals surface area contributed by atoms with E-state index in [2.05, 4.69) is 48.3 Å². The van der Waals surface area contributed by atoms with E-state index in [-0.39, 0.29) is 12.5 Å². The van der Waals surface area contributed by atoms with Gasteiger partial charge in [0.25, 0.3) is 5.91 Å². The van der Waals surface area contributed by atoms with Crippen LogP contribution in [-0.4, -0.2) is 25.6 Å². The van der Waals surface area contributed by atoms with Gasteiger partial charge in [0.05, 0.1) is 0 Å². The number of piperidine rings is 1. The minimum atomic E-state index is -0.142. The second kappa shape index (κ2) is 8.94. The number of nitrogens with one attached hydrogen (secondary N) is 1. The van der Waals surface area contributed by atoms with Gasteiger partial charge in [0.15, 0.2) is 6.61 Å². The van der Waals surface area contributed by atoms with Crippen LogP contribution >= 0.6 is 0 Å². The summed E-state index contributed by atoms with van der Waals surface area (Å²) in [5.74, 6) is 1.00. The van der Waals surface area contributed by atoms with Gasteiger partial charge in [0, 0.05) is 24.5 Å². The van der Waals surface area contributed by atoms with Gasteiger partial charge in [-0.05, 0) is 73.6 Å². The molecule has 4 nitrogen and oxygen atoms in total. The van der Waals surface area contributed by atoms with E-state index in [4.69, 9.17) is 4.74 Å². The lowest BCUT2D eigenvalue weighted by atomic mass is 10.0. The van der Waals surface area contributed by atoms with E-state index in [0.717, 1.165) is 35.7 Å². The number of amides is 1. The molecule has 1 aliphatic heterocycles. The molecular formula is C23H30N2O2. The Balaban J connectivity index is 1.56. The molecule has 2 aromatic rings. The normalized spacial score (nSPS) is 14.3. The van der Waals surface area contributed by atoms with Crippen molar-refractivity contribution in [3.05, 3.63) is 53.6 Å². The van der Waals surface area contributed by atoms with Gasteiger partial charge in [0.2, 0.25) is 0 Å². The Kier molecular flexibility index (Phi) is 6.38. The molecule has 1 saturated heterocycles. The van der Waals surface area contributed by atoms with Crippen molar-refractivity contribution in [2.75, 3.05) is 29.9 Å². The molecule has 3 rings (SSSR count). The highest BCUT2D eigenvalue weighted by molar-refractivity contribution is 5.92. The van der Waals surface area contributed by atoms with Crippen LogP contribution in [0.25, 0.3) is 0 Å². The maximum Gasteiger partial charge on any atom is 0.262 e. The number of carbonyl (C=O) groups excluding carboxylic acids is 1. The number of anilines is 2. The maximum atomic E-state index is 12.3. The van der Waals surface area contributed by atoms with Crippen molar-refractivity contribution >= 4 is 17.3 Å². The predicted octanol–water partition coefficient (Wildman–Crippen LogP) is 5.13. The zero-order valence-electron chi connectivity index (χ0n) is 16.6. The molecule has 1 aliphatic rings. The predicted molar refractivity (Wildman–Crippen MR) is 112 cm³/mol. The largest absolute Gasteiger partial charge is 0.483 e. The van der Waals surface area contributed by atoms with Crippen LogP contribution in [0.2, 0.25) is 0 Å². The van der Waals surface area contributed by atoms with Crippen LogP contribution in [0.1, 0.15) is 50.2 Å². The van der Waals surface area contributed by atoms with Crippen molar-refractivity contribution in [1.82, 2.24) is 0 Å². The first-order valence-electron chi connectivity index (χ1n) is 9.91. The van der Waals surface area contributed by atoms with E-state index in [0.29, 0.717) is 5.92 Å². The van der Waals surface area contributed by atoms with Gasteiger partial charge in [-0.15, -0.1) is 0 Å². The highest BCUT2D eigenvalue weighted by atomic mass is 16.5. The van der Waals surface area contributed by atoms with Crippen LogP contribution in [0.15, 0.2) is 42.5 Å². The zero-order chi connectivity index (χ0) is 19.2. The van der Waals surface area contributed by atoms with Gasteiger partial charge in [-0.25, -0.2) is 0 Å². The summed E-state index contributed by atoms with van der Waals surface area (Å²) in [4.78, 5) is 14.7. The summed E-state index contributed by atoms with van der Waals surface area (Å²) in [6.07, 6.45) is 3.84. The molecule has 0 aliphatic carbocycles. The van der Waals surface area contributed by atoms with E-state index in [1.807, 2.05) is 25.1 Å². The number of ether oxygens (including phenoxy) is 1. The lowest BCUT2D eigenvalue weighted by molar-refractivity contribution is -0.118. The quantitative estimate of drug-likeness (QED) is 0.771. The molecule has 0 bridgehead atoms. The van der Waals surface area contributed by atoms with Gasteiger partial charge in [-0.2, -0.15) is 0 Å². The minimum Gasteiger partial charge on any atom is -0.483 e. The van der Waals surface area contributed by atoms with Crippen molar-refractivity contribution < 1.29 is 9.53 Å². The van der Waals surface area contributed by atoms with E-state index >= 15 is 0 Å². The number of nitrogens with zero attached hydrogens (tertiary/aromatic N) is 1. The highest BCUT2D eigenvalue weighted by Gasteiger charge is 2.12. The van der Waals surface area contributed by atoms with Crippen LogP contribution < -0.4 is 15.0 Å². The van der Waals surface area contributed by atoms with Crippen LogP contribution in [0.3, 0.4) is 0 Å². The first-order valence-corrected chi connectivity index (χ1v) is 9.91. The molecule has 0 atom stereocenters. The monoisotopic (exact) mass is 366 g/mol. The van der Waals surface area contributed by atoms with E-state index in [9.17, 15) is 4.79 Å². The molecule has 144 valence electrons. The SMILES string of the molecule is Cc1ccc(C(C)C)c(OCC(=O)Nc2ccc(N3CCCCC3)cc2)c1. The molecule has 4 heteroatoms. The minimum absolute atomic E-state index is 0.0110. The molecule has 0 spiro atoms. The summed E-state index contributed by atoms with van der Waals surface area (Å²) in [6, 6.07) is 14.2. The molecule has 0 aromatic heterocycles. The number of aryl methyl sites for hydroxylation is 1. The van der Waals surface area contributed by atoms with Gasteiger partial charge < -0.3 is 15.0 Å². The van der Waals surface area contributed by atoms with E-state index in [1.165, 1.54) is 24.9 Å². The van der Waals surface area contributed by atoms with E-state index in [1.54, 1.807) is 0 Å². The number of benzene rings is 2. The van der Waals surface area contributed by atoms with Crippen molar-refractivity contribution in [3.8, 4) is 5.75 Å². The molecule has 0 saturated carbocycles. The number of rotatable bonds is 6. The van der Waals surface area contributed by atoms with Crippen molar-refractivity contribution in [3.63, 3.8) is 0 Å². The maximum absolute atomic E-state index is 12.3. The summed E-state index contributed by atoms with van der Waals surface area (Å²) in [7, 11) is 0. The van der Waals surface area contributed by atoms with Crippen molar-refractivity contribution in [1.29, 1.82) is 0 Å². The van der Waals surface area contributed by atoms with Crippen LogP contribution in [0.4, 0.5) is 11.4 Å². The molecule has 2 aromatic carbocycles. The summed E-state index contributed by atoms with van der Waals surface area (Å²) < 4.78 is 5.81. The number of hydrogen-bond donors (Lipinski definition) is 1. The fourth-order valence-electron chi connectivity index (χ4n) is 3.49. The second-order valence-corrected chi connectivity index (χ2v) is 7.63. The topological polar surface area (TPSA) is 41.6 Å². The van der Waals surface area contributed by atoms with Crippen molar-refractivity contribution in [2.24, 2.45) is 0 Å². The van der Waals surface area contributed by atoms with Crippen molar-refractivity contribution in [2.45, 2.75) is 46.0 Å². The second-order valence-electron chi connectivity index (χ2n) is 7.63. The number of carbonyl (C=O) groups is 1. The smallest absolute Gasteiger partial charge is 0.262 e. The fraction of sp³-hybridized carbons (Fsp3) is 0.435. The average molecular weight is 367 g/mol. The van der Waals surface area contributed by atoms with Gasteiger partial charge >= 0.3 is 0 Å². The molecular weight excluding hydrogens is 336 g/mol. The summed E-state index contributed by atoms with van der Waals surface area (Å²) >= 11 is 0. The standard InChI is InChI=1S/C23H30N2O2/c1-17(2)21-12-7-18(3)15-22(21)27-16-23(26)24-19-8-10-20(11-9-19)25-13-5-4-6-14-25/h7-12,15,17H,4-6,13-14,16H2,1-3H3,(H,24,26). The Hall–Kier alpha value is -2.49. The third kappa shape index (κ3) is 5.25. The zero-order valence-corrected chi connectivity index (χ0v) is 16.6. The molecule has 1 N–H and O–H groups in total. The summed E-state index contributed by atoms with van der Waals surface area (Å²) in [6.45, 7) is 8.53.